The maximum atomic E-state index is 9.88. The van der Waals surface area contributed by atoms with Gasteiger partial charge in [-0.1, -0.05) is 11.6 Å². The first kappa shape index (κ1) is 12.0. The van der Waals surface area contributed by atoms with E-state index in [0.717, 1.165) is 0 Å². The van der Waals surface area contributed by atoms with Crippen molar-refractivity contribution in [2.24, 2.45) is 7.05 Å². The summed E-state index contributed by atoms with van der Waals surface area (Å²) in [6, 6.07) is 1.44. The number of rotatable bonds is 1. The summed E-state index contributed by atoms with van der Waals surface area (Å²) in [6.45, 7) is 0.845. The monoisotopic (exact) mass is 281 g/mol. The lowest BCUT2D eigenvalue weighted by molar-refractivity contribution is 0.172. The molecule has 0 aliphatic carbocycles. The van der Waals surface area contributed by atoms with Crippen molar-refractivity contribution in [2.45, 2.75) is 0 Å². The SMILES string of the molecule is Cn1ncc(-c2c(Cl)c(O)cc3c2OCCO3)c1N. The fraction of sp³-hybridized carbons (Fsp3) is 0.250. The van der Waals surface area contributed by atoms with Crippen LogP contribution in [0.25, 0.3) is 11.1 Å². The molecule has 1 aliphatic heterocycles. The van der Waals surface area contributed by atoms with Gasteiger partial charge in [-0.15, -0.1) is 0 Å². The molecular formula is C12H12ClN3O3. The van der Waals surface area contributed by atoms with Crippen molar-refractivity contribution >= 4 is 17.4 Å². The molecule has 0 fully saturated rings. The number of fused-ring (bicyclic) bond motifs is 1. The normalized spacial score (nSPS) is 13.6. The van der Waals surface area contributed by atoms with E-state index in [0.29, 0.717) is 41.7 Å². The number of hydrogen-bond acceptors (Lipinski definition) is 5. The summed E-state index contributed by atoms with van der Waals surface area (Å²) in [4.78, 5) is 0. The van der Waals surface area contributed by atoms with Crippen molar-refractivity contribution in [3.8, 4) is 28.4 Å². The standard InChI is InChI=1S/C12H12ClN3O3/c1-16-12(14)6(5-15-16)9-10(13)7(17)4-8-11(9)19-3-2-18-8/h4-5,17H,2-3,14H2,1H3. The van der Waals surface area contributed by atoms with E-state index in [9.17, 15) is 5.11 Å². The average Bonchev–Trinajstić information content (AvgIpc) is 2.72. The van der Waals surface area contributed by atoms with Crippen molar-refractivity contribution in [2.75, 3.05) is 18.9 Å². The van der Waals surface area contributed by atoms with Gasteiger partial charge in [0.2, 0.25) is 0 Å². The van der Waals surface area contributed by atoms with Crippen molar-refractivity contribution in [1.29, 1.82) is 0 Å². The third kappa shape index (κ3) is 1.76. The molecule has 19 heavy (non-hydrogen) atoms. The zero-order valence-electron chi connectivity index (χ0n) is 10.2. The smallest absolute Gasteiger partial charge is 0.171 e. The number of nitrogens with zero attached hydrogens (tertiary/aromatic N) is 2. The number of phenolic OH excluding ortho intramolecular Hbond substituents is 1. The molecular weight excluding hydrogens is 270 g/mol. The lowest BCUT2D eigenvalue weighted by Gasteiger charge is -2.22. The first-order valence-electron chi connectivity index (χ1n) is 5.68. The first-order chi connectivity index (χ1) is 9.09. The highest BCUT2D eigenvalue weighted by atomic mass is 35.5. The molecule has 0 spiro atoms. The van der Waals surface area contributed by atoms with Gasteiger partial charge < -0.3 is 20.3 Å². The Bertz CT molecular complexity index is 654. The van der Waals surface area contributed by atoms with Crippen LogP contribution >= 0.6 is 11.6 Å². The van der Waals surface area contributed by atoms with E-state index in [1.807, 2.05) is 0 Å². The Morgan fingerprint density at radius 1 is 1.42 bits per heavy atom. The molecule has 0 amide bonds. The number of aryl methyl sites for hydroxylation is 1. The Kier molecular flexibility index (Phi) is 2.67. The Labute approximate surface area is 114 Å². The lowest BCUT2D eigenvalue weighted by Crippen LogP contribution is -2.16. The average molecular weight is 282 g/mol. The van der Waals surface area contributed by atoms with Gasteiger partial charge in [0.25, 0.3) is 0 Å². The molecule has 0 saturated carbocycles. The van der Waals surface area contributed by atoms with Gasteiger partial charge in [-0.2, -0.15) is 5.10 Å². The third-order valence-corrected chi connectivity index (χ3v) is 3.39. The molecule has 7 heteroatoms. The topological polar surface area (TPSA) is 82.5 Å². The molecule has 0 saturated heterocycles. The van der Waals surface area contributed by atoms with Gasteiger partial charge in [0.15, 0.2) is 11.5 Å². The Hall–Kier alpha value is -2.08. The predicted octanol–water partition coefficient (Wildman–Crippen LogP) is 1.80. The van der Waals surface area contributed by atoms with Gasteiger partial charge in [0.05, 0.1) is 16.8 Å². The maximum absolute atomic E-state index is 9.88. The minimum atomic E-state index is -0.0795. The van der Waals surface area contributed by atoms with Crippen LogP contribution in [0.5, 0.6) is 17.2 Å². The minimum Gasteiger partial charge on any atom is -0.506 e. The summed E-state index contributed by atoms with van der Waals surface area (Å²) in [5.74, 6) is 1.29. The molecule has 0 atom stereocenters. The largest absolute Gasteiger partial charge is 0.506 e. The molecule has 0 unspecified atom stereocenters. The van der Waals surface area contributed by atoms with E-state index in [-0.39, 0.29) is 10.8 Å². The number of ether oxygens (including phenoxy) is 2. The van der Waals surface area contributed by atoms with Gasteiger partial charge in [0, 0.05) is 18.7 Å². The number of hydrogen-bond donors (Lipinski definition) is 2. The van der Waals surface area contributed by atoms with E-state index in [1.54, 1.807) is 13.2 Å². The number of benzene rings is 1. The number of halogens is 1. The minimum absolute atomic E-state index is 0.0795. The van der Waals surface area contributed by atoms with Crippen LogP contribution in [0, 0.1) is 0 Å². The molecule has 100 valence electrons. The van der Waals surface area contributed by atoms with Crippen LogP contribution in [0.2, 0.25) is 5.02 Å². The number of aromatic hydroxyl groups is 1. The van der Waals surface area contributed by atoms with Crippen LogP contribution in [0.3, 0.4) is 0 Å². The van der Waals surface area contributed by atoms with Crippen molar-refractivity contribution in [1.82, 2.24) is 9.78 Å². The molecule has 3 rings (SSSR count). The van der Waals surface area contributed by atoms with Crippen LogP contribution < -0.4 is 15.2 Å². The van der Waals surface area contributed by atoms with E-state index in [1.165, 1.54) is 10.7 Å². The highest BCUT2D eigenvalue weighted by molar-refractivity contribution is 6.35. The molecule has 1 aromatic heterocycles. The molecule has 6 nitrogen and oxygen atoms in total. The lowest BCUT2D eigenvalue weighted by atomic mass is 10.1. The Morgan fingerprint density at radius 3 is 2.84 bits per heavy atom. The number of phenols is 1. The van der Waals surface area contributed by atoms with Crippen LogP contribution in [0.15, 0.2) is 12.3 Å². The van der Waals surface area contributed by atoms with Gasteiger partial charge in [-0.3, -0.25) is 4.68 Å². The molecule has 2 heterocycles. The molecule has 1 aliphatic rings. The van der Waals surface area contributed by atoms with Crippen LogP contribution in [0.1, 0.15) is 0 Å². The second kappa shape index (κ2) is 4.24. The van der Waals surface area contributed by atoms with Gasteiger partial charge in [-0.25, -0.2) is 0 Å². The zero-order valence-corrected chi connectivity index (χ0v) is 10.9. The molecule has 0 bridgehead atoms. The molecule has 0 radical (unpaired) electrons. The van der Waals surface area contributed by atoms with Crippen molar-refractivity contribution in [3.63, 3.8) is 0 Å². The first-order valence-corrected chi connectivity index (χ1v) is 6.06. The van der Waals surface area contributed by atoms with E-state index < -0.39 is 0 Å². The summed E-state index contributed by atoms with van der Waals surface area (Å²) >= 11 is 6.17. The molecule has 3 N–H and O–H groups in total. The van der Waals surface area contributed by atoms with E-state index in [4.69, 9.17) is 26.8 Å². The second-order valence-corrected chi connectivity index (χ2v) is 4.55. The van der Waals surface area contributed by atoms with Gasteiger partial charge >= 0.3 is 0 Å². The summed E-state index contributed by atoms with van der Waals surface area (Å²) in [5, 5.41) is 14.1. The van der Waals surface area contributed by atoms with E-state index in [2.05, 4.69) is 5.10 Å². The third-order valence-electron chi connectivity index (χ3n) is 3.00. The Balaban J connectivity index is 2.30. The molecule has 1 aromatic carbocycles. The summed E-state index contributed by atoms with van der Waals surface area (Å²) in [6.07, 6.45) is 1.58. The van der Waals surface area contributed by atoms with E-state index >= 15 is 0 Å². The van der Waals surface area contributed by atoms with Crippen LogP contribution in [-0.4, -0.2) is 28.1 Å². The summed E-state index contributed by atoms with van der Waals surface area (Å²) < 4.78 is 12.6. The summed E-state index contributed by atoms with van der Waals surface area (Å²) in [7, 11) is 1.72. The van der Waals surface area contributed by atoms with Gasteiger partial charge in [-0.05, 0) is 0 Å². The number of nitrogens with two attached hydrogens (primary N) is 1. The Morgan fingerprint density at radius 2 is 2.16 bits per heavy atom. The van der Waals surface area contributed by atoms with Gasteiger partial charge in [0.1, 0.15) is 24.8 Å². The highest BCUT2D eigenvalue weighted by Gasteiger charge is 2.25. The number of nitrogen functional groups attached to an aromatic ring is 1. The van der Waals surface area contributed by atoms with Crippen molar-refractivity contribution in [3.05, 3.63) is 17.3 Å². The number of anilines is 1. The number of aromatic nitrogens is 2. The van der Waals surface area contributed by atoms with Crippen LogP contribution in [0.4, 0.5) is 5.82 Å². The van der Waals surface area contributed by atoms with Crippen molar-refractivity contribution < 1.29 is 14.6 Å². The highest BCUT2D eigenvalue weighted by Crippen LogP contribution is 2.49. The fourth-order valence-corrected chi connectivity index (χ4v) is 2.27. The fourth-order valence-electron chi connectivity index (χ4n) is 2.03. The molecule has 2 aromatic rings. The summed E-state index contributed by atoms with van der Waals surface area (Å²) in [5.41, 5.74) is 7.05. The predicted molar refractivity (Wildman–Crippen MR) is 70.7 cm³/mol. The zero-order chi connectivity index (χ0) is 13.6. The maximum Gasteiger partial charge on any atom is 0.171 e. The quantitative estimate of drug-likeness (QED) is 0.833. The second-order valence-electron chi connectivity index (χ2n) is 4.18. The van der Waals surface area contributed by atoms with Crippen LogP contribution in [-0.2, 0) is 7.05 Å².